The molecule has 3 heteroatoms. The monoisotopic (exact) mass is 225 g/mol. The van der Waals surface area contributed by atoms with Gasteiger partial charge in [-0.25, -0.2) is 0 Å². The number of hydrogen-bond donors (Lipinski definition) is 1. The van der Waals surface area contributed by atoms with E-state index in [-0.39, 0.29) is 0 Å². The molecule has 0 aromatic heterocycles. The van der Waals surface area contributed by atoms with E-state index in [9.17, 15) is 0 Å². The Hall–Kier alpha value is -0.930. The topological polar surface area (TPSA) is 21.3 Å². The lowest BCUT2D eigenvalue weighted by atomic mass is 10.3. The molecule has 15 heavy (non-hydrogen) atoms. The van der Waals surface area contributed by atoms with E-state index in [1.54, 1.807) is 19.1 Å². The fourth-order valence-corrected chi connectivity index (χ4v) is 1.22. The maximum atomic E-state index is 5.12. The quantitative estimate of drug-likeness (QED) is 0.310. The minimum atomic E-state index is 0.832. The van der Waals surface area contributed by atoms with Gasteiger partial charge in [0.2, 0.25) is 0 Å². The van der Waals surface area contributed by atoms with Gasteiger partial charge in [0.05, 0.1) is 7.11 Å². The number of methoxy groups -OCH3 is 1. The maximum Gasteiger partial charge on any atom is 0.118 e. The summed E-state index contributed by atoms with van der Waals surface area (Å²) >= 11 is 1.58. The Morgan fingerprint density at radius 2 is 2.13 bits per heavy atom. The van der Waals surface area contributed by atoms with Crippen LogP contribution in [0.3, 0.4) is 0 Å². The number of nitrogens with one attached hydrogen (secondary N) is 1. The van der Waals surface area contributed by atoms with Crippen LogP contribution < -0.4 is 4.72 Å². The van der Waals surface area contributed by atoms with Gasteiger partial charge in [-0.15, -0.1) is 0 Å². The molecule has 0 aliphatic heterocycles. The van der Waals surface area contributed by atoms with E-state index < -0.39 is 0 Å². The lowest BCUT2D eigenvalue weighted by Gasteiger charge is -1.97. The molecule has 0 radical (unpaired) electrons. The summed E-state index contributed by atoms with van der Waals surface area (Å²) in [6, 6.07) is 0. The Balaban J connectivity index is 3.76. The average Bonchev–Trinajstić information content (AvgIpc) is 2.26. The highest BCUT2D eigenvalue weighted by molar-refractivity contribution is 8.00. The van der Waals surface area contributed by atoms with Crippen molar-refractivity contribution < 1.29 is 4.74 Å². The molecule has 2 nitrogen and oxygen atoms in total. The van der Waals surface area contributed by atoms with Gasteiger partial charge >= 0.3 is 0 Å². The van der Waals surface area contributed by atoms with Crippen LogP contribution in [0.4, 0.5) is 0 Å². The molecular weight excluding hydrogens is 206 g/mol. The minimum Gasteiger partial charge on any atom is -0.497 e. The zero-order valence-corrected chi connectivity index (χ0v) is 10.4. The first kappa shape index (κ1) is 14.1. The fourth-order valence-electron chi connectivity index (χ4n) is 0.799. The molecule has 0 unspecified atom stereocenters. The largest absolute Gasteiger partial charge is 0.497 e. The van der Waals surface area contributed by atoms with E-state index in [0.29, 0.717) is 0 Å². The van der Waals surface area contributed by atoms with Crippen molar-refractivity contribution in [3.63, 3.8) is 0 Å². The van der Waals surface area contributed by atoms with Crippen molar-refractivity contribution in [2.45, 2.75) is 13.8 Å². The van der Waals surface area contributed by atoms with Gasteiger partial charge in [-0.2, -0.15) is 0 Å². The maximum absolute atomic E-state index is 5.12. The molecule has 1 N–H and O–H groups in total. The summed E-state index contributed by atoms with van der Waals surface area (Å²) in [7, 11) is 1.67. The van der Waals surface area contributed by atoms with Crippen LogP contribution in [0.2, 0.25) is 0 Å². The molecule has 0 atom stereocenters. The van der Waals surface area contributed by atoms with Crippen molar-refractivity contribution in [1.82, 2.24) is 4.72 Å². The molecule has 0 aliphatic carbocycles. The third kappa shape index (κ3) is 9.38. The third-order valence-electron chi connectivity index (χ3n) is 1.45. The Kier molecular flexibility index (Phi) is 10.5. The van der Waals surface area contributed by atoms with Crippen molar-refractivity contribution >= 4 is 11.9 Å². The van der Waals surface area contributed by atoms with Crippen LogP contribution in [-0.4, -0.2) is 13.7 Å². The molecule has 0 aromatic carbocycles. The zero-order chi connectivity index (χ0) is 11.4. The van der Waals surface area contributed by atoms with E-state index >= 15 is 0 Å². The lowest BCUT2D eigenvalue weighted by Crippen LogP contribution is -1.99. The van der Waals surface area contributed by atoms with Crippen molar-refractivity contribution in [1.29, 1.82) is 0 Å². The normalized spacial score (nSPS) is 13.4. The van der Waals surface area contributed by atoms with Gasteiger partial charge in [-0.05, 0) is 31.4 Å². The summed E-state index contributed by atoms with van der Waals surface area (Å²) in [6.07, 6.45) is 11.8. The Morgan fingerprint density at radius 1 is 1.33 bits per heavy atom. The van der Waals surface area contributed by atoms with Crippen LogP contribution in [-0.2, 0) is 4.74 Å². The Morgan fingerprint density at radius 3 is 2.73 bits per heavy atom. The molecule has 0 aliphatic rings. The second-order valence-corrected chi connectivity index (χ2v) is 3.43. The molecule has 0 spiro atoms. The zero-order valence-electron chi connectivity index (χ0n) is 9.57. The first-order valence-corrected chi connectivity index (χ1v) is 5.76. The summed E-state index contributed by atoms with van der Waals surface area (Å²) in [5, 5.41) is 2.00. The van der Waals surface area contributed by atoms with E-state index in [1.807, 2.05) is 55.7 Å². The molecule has 0 fully saturated rings. The SMILES string of the molecule is C/C=C\SNC/C=C/C=C(\C=C/C)OC. The first-order chi connectivity index (χ1) is 7.35. The first-order valence-electron chi connectivity index (χ1n) is 4.88. The molecule has 0 aromatic rings. The number of ether oxygens (including phenoxy) is 1. The van der Waals surface area contributed by atoms with Gasteiger partial charge in [0.1, 0.15) is 5.76 Å². The van der Waals surface area contributed by atoms with E-state index in [1.165, 1.54) is 0 Å². The smallest absolute Gasteiger partial charge is 0.118 e. The van der Waals surface area contributed by atoms with Gasteiger partial charge in [0.15, 0.2) is 0 Å². The second kappa shape index (κ2) is 11.1. The minimum absolute atomic E-state index is 0.832. The van der Waals surface area contributed by atoms with E-state index in [2.05, 4.69) is 4.72 Å². The lowest BCUT2D eigenvalue weighted by molar-refractivity contribution is 0.307. The van der Waals surface area contributed by atoms with Crippen LogP contribution in [0.15, 0.2) is 47.6 Å². The molecule has 0 rings (SSSR count). The summed E-state index contributed by atoms with van der Waals surface area (Å²) in [4.78, 5) is 0. The van der Waals surface area contributed by atoms with Crippen LogP contribution in [0.1, 0.15) is 13.8 Å². The summed E-state index contributed by atoms with van der Waals surface area (Å²) in [5.41, 5.74) is 0. The van der Waals surface area contributed by atoms with Crippen LogP contribution in [0, 0.1) is 0 Å². The van der Waals surface area contributed by atoms with Gasteiger partial charge in [-0.3, -0.25) is 4.72 Å². The third-order valence-corrected chi connectivity index (χ3v) is 2.19. The standard InChI is InChI=1S/C12H19NOS/c1-4-8-12(14-3)9-6-7-10-13-15-11-5-2/h4-9,11,13H,10H2,1-3H3/b7-6+,8-4-,11-5-,12-9+. The average molecular weight is 225 g/mol. The number of hydrogen-bond acceptors (Lipinski definition) is 3. The molecule has 0 heterocycles. The highest BCUT2D eigenvalue weighted by Gasteiger charge is 1.83. The van der Waals surface area contributed by atoms with Gasteiger partial charge in [-0.1, -0.05) is 36.3 Å². The second-order valence-electron chi connectivity index (χ2n) is 2.64. The van der Waals surface area contributed by atoms with Gasteiger partial charge in [0, 0.05) is 6.54 Å². The molecule has 0 saturated heterocycles. The van der Waals surface area contributed by atoms with E-state index in [0.717, 1.165) is 12.3 Å². The van der Waals surface area contributed by atoms with Crippen molar-refractivity contribution in [2.75, 3.05) is 13.7 Å². The van der Waals surface area contributed by atoms with Gasteiger partial charge in [0.25, 0.3) is 0 Å². The highest BCUT2D eigenvalue weighted by atomic mass is 32.2. The summed E-state index contributed by atoms with van der Waals surface area (Å²) in [6.45, 7) is 4.79. The number of rotatable bonds is 7. The predicted octanol–water partition coefficient (Wildman–Crippen LogP) is 3.42. The van der Waals surface area contributed by atoms with Gasteiger partial charge < -0.3 is 4.74 Å². The Labute approximate surface area is 96.9 Å². The predicted molar refractivity (Wildman–Crippen MR) is 69.5 cm³/mol. The molecule has 0 bridgehead atoms. The van der Waals surface area contributed by atoms with Crippen molar-refractivity contribution in [2.24, 2.45) is 0 Å². The molecule has 84 valence electrons. The molecule has 0 saturated carbocycles. The van der Waals surface area contributed by atoms with Crippen LogP contribution >= 0.6 is 11.9 Å². The summed E-state index contributed by atoms with van der Waals surface area (Å²) < 4.78 is 8.29. The summed E-state index contributed by atoms with van der Waals surface area (Å²) in [5.74, 6) is 0.856. The van der Waals surface area contributed by atoms with Crippen molar-refractivity contribution in [3.8, 4) is 0 Å². The fraction of sp³-hybridized carbons (Fsp3) is 0.333. The van der Waals surface area contributed by atoms with Crippen LogP contribution in [0.25, 0.3) is 0 Å². The molecular formula is C12H19NOS. The van der Waals surface area contributed by atoms with Crippen molar-refractivity contribution in [3.05, 3.63) is 47.6 Å². The highest BCUT2D eigenvalue weighted by Crippen LogP contribution is 1.98. The molecule has 0 amide bonds. The van der Waals surface area contributed by atoms with E-state index in [4.69, 9.17) is 4.74 Å². The van der Waals surface area contributed by atoms with Crippen LogP contribution in [0.5, 0.6) is 0 Å². The number of allylic oxidation sites excluding steroid dienone is 5. The Bertz CT molecular complexity index is 254.